The topological polar surface area (TPSA) is 66.4 Å². The van der Waals surface area contributed by atoms with Gasteiger partial charge in [-0.2, -0.15) is 0 Å². The fourth-order valence-electron chi connectivity index (χ4n) is 2.72. The van der Waals surface area contributed by atoms with E-state index in [2.05, 4.69) is 18.0 Å². The molecule has 0 heterocycles. The summed E-state index contributed by atoms with van der Waals surface area (Å²) in [6, 6.07) is 0. The van der Waals surface area contributed by atoms with Crippen LogP contribution >= 0.6 is 0 Å². The van der Waals surface area contributed by atoms with E-state index in [1.807, 2.05) is 0 Å². The van der Waals surface area contributed by atoms with Crippen LogP contribution in [0.2, 0.25) is 0 Å². The van der Waals surface area contributed by atoms with Crippen LogP contribution in [0, 0.1) is 5.92 Å². The van der Waals surface area contributed by atoms with Gasteiger partial charge < -0.3 is 4.55 Å². The average Bonchev–Trinajstić information content (AvgIpc) is 2.44. The van der Waals surface area contributed by atoms with Gasteiger partial charge in [0, 0.05) is 0 Å². The third kappa shape index (κ3) is 17.9. The van der Waals surface area contributed by atoms with E-state index in [1.54, 1.807) is 0 Å². The summed E-state index contributed by atoms with van der Waals surface area (Å²) in [6.07, 6.45) is 16.2. The predicted octanol–water partition coefficient (Wildman–Crippen LogP) is 5.19. The Labute approximate surface area is 138 Å². The van der Waals surface area contributed by atoms with Gasteiger partial charge in [0.15, 0.2) is 0 Å². The Hall–Kier alpha value is -0.130. The van der Waals surface area contributed by atoms with Gasteiger partial charge in [0.2, 0.25) is 10.4 Å². The lowest BCUT2D eigenvalue weighted by Crippen LogP contribution is -2.06. The summed E-state index contributed by atoms with van der Waals surface area (Å²) in [5, 5.41) is 0. The molecule has 134 valence electrons. The van der Waals surface area contributed by atoms with E-state index < -0.39 is 10.4 Å². The van der Waals surface area contributed by atoms with Gasteiger partial charge in [0.05, 0.1) is 6.61 Å². The van der Waals surface area contributed by atoms with Gasteiger partial charge in [-0.25, -0.2) is 8.42 Å². The Morgan fingerprint density at radius 3 is 1.77 bits per heavy atom. The van der Waals surface area contributed by atoms with Crippen molar-refractivity contribution in [3.8, 4) is 0 Å². The van der Waals surface area contributed by atoms with E-state index in [9.17, 15) is 13.0 Å². The van der Waals surface area contributed by atoms with E-state index >= 15 is 0 Å². The van der Waals surface area contributed by atoms with Crippen LogP contribution in [-0.4, -0.2) is 19.6 Å². The van der Waals surface area contributed by atoms with E-state index in [1.165, 1.54) is 70.6 Å². The zero-order chi connectivity index (χ0) is 16.7. The van der Waals surface area contributed by atoms with Gasteiger partial charge in [-0.1, -0.05) is 84.5 Å². The van der Waals surface area contributed by atoms with Crippen LogP contribution in [0.15, 0.2) is 0 Å². The number of hydrogen-bond acceptors (Lipinski definition) is 4. The minimum atomic E-state index is -4.51. The predicted molar refractivity (Wildman–Crippen MR) is 90.5 cm³/mol. The molecule has 0 fully saturated rings. The molecule has 0 aliphatic heterocycles. The van der Waals surface area contributed by atoms with Crippen LogP contribution < -0.4 is 0 Å². The Balaban J connectivity index is 3.23. The van der Waals surface area contributed by atoms with Crippen molar-refractivity contribution in [2.24, 2.45) is 5.92 Å². The van der Waals surface area contributed by atoms with E-state index in [-0.39, 0.29) is 6.61 Å². The molecule has 4 nitrogen and oxygen atoms in total. The zero-order valence-corrected chi connectivity index (χ0v) is 15.3. The number of hydrogen-bond donors (Lipinski definition) is 0. The molecular formula is C17H35O4S-. The average molecular weight is 336 g/mol. The maximum Gasteiger partial charge on any atom is 0.217 e. The standard InChI is InChI=1S/C17H36O4S/c1-3-4-5-6-7-8-9-10-11-12-14-17(2)15-13-16-21-22(18,19)20/h17H,3-16H2,1-2H3,(H,18,19,20)/p-1. The van der Waals surface area contributed by atoms with Gasteiger partial charge in [-0.3, -0.25) is 4.18 Å². The van der Waals surface area contributed by atoms with Crippen molar-refractivity contribution in [2.75, 3.05) is 6.61 Å². The third-order valence-electron chi connectivity index (χ3n) is 4.12. The second kappa shape index (κ2) is 14.5. The summed E-state index contributed by atoms with van der Waals surface area (Å²) >= 11 is 0. The van der Waals surface area contributed by atoms with Gasteiger partial charge in [0.25, 0.3) is 0 Å². The van der Waals surface area contributed by atoms with Crippen LogP contribution in [-0.2, 0) is 14.6 Å². The highest BCUT2D eigenvalue weighted by Gasteiger charge is 2.03. The Kier molecular flexibility index (Phi) is 14.4. The minimum Gasteiger partial charge on any atom is -0.726 e. The normalized spacial score (nSPS) is 13.4. The SMILES string of the molecule is CCCCCCCCCCCCC(C)CCCOS(=O)(=O)[O-]. The fourth-order valence-corrected chi connectivity index (χ4v) is 3.04. The Morgan fingerprint density at radius 2 is 1.27 bits per heavy atom. The Bertz CT molecular complexity index is 328. The first-order valence-electron chi connectivity index (χ1n) is 9.06. The molecule has 5 heteroatoms. The van der Waals surface area contributed by atoms with Crippen LogP contribution in [0.25, 0.3) is 0 Å². The molecule has 0 saturated heterocycles. The molecular weight excluding hydrogens is 300 g/mol. The molecule has 0 amide bonds. The molecule has 0 rings (SSSR count). The summed E-state index contributed by atoms with van der Waals surface area (Å²) in [6.45, 7) is 4.45. The van der Waals surface area contributed by atoms with Crippen molar-refractivity contribution in [3.05, 3.63) is 0 Å². The molecule has 0 saturated carbocycles. The number of rotatable bonds is 16. The highest BCUT2D eigenvalue weighted by Crippen LogP contribution is 2.17. The molecule has 0 aromatic rings. The molecule has 0 N–H and O–H groups in total. The Morgan fingerprint density at radius 1 is 0.818 bits per heavy atom. The second-order valence-corrected chi connectivity index (χ2v) is 7.50. The van der Waals surface area contributed by atoms with E-state index in [4.69, 9.17) is 0 Å². The van der Waals surface area contributed by atoms with E-state index in [0.29, 0.717) is 12.3 Å². The molecule has 0 radical (unpaired) electrons. The molecule has 1 atom stereocenters. The quantitative estimate of drug-likeness (QED) is 0.221. The molecule has 0 aromatic heterocycles. The molecule has 1 unspecified atom stereocenters. The molecule has 0 bridgehead atoms. The molecule has 0 aromatic carbocycles. The smallest absolute Gasteiger partial charge is 0.217 e. The fraction of sp³-hybridized carbons (Fsp3) is 1.00. The first-order valence-corrected chi connectivity index (χ1v) is 10.4. The highest BCUT2D eigenvalue weighted by molar-refractivity contribution is 7.80. The lowest BCUT2D eigenvalue weighted by atomic mass is 9.97. The van der Waals surface area contributed by atoms with Gasteiger partial charge in [-0.15, -0.1) is 0 Å². The van der Waals surface area contributed by atoms with Crippen LogP contribution in [0.5, 0.6) is 0 Å². The van der Waals surface area contributed by atoms with Gasteiger partial charge in [0.1, 0.15) is 0 Å². The summed E-state index contributed by atoms with van der Waals surface area (Å²) in [7, 11) is -4.51. The minimum absolute atomic E-state index is 0.0220. The van der Waals surface area contributed by atoms with Gasteiger partial charge in [-0.05, 0) is 18.8 Å². The van der Waals surface area contributed by atoms with Crippen molar-refractivity contribution in [2.45, 2.75) is 97.3 Å². The maximum absolute atomic E-state index is 10.3. The summed E-state index contributed by atoms with van der Waals surface area (Å²) in [4.78, 5) is 0. The third-order valence-corrected chi connectivity index (χ3v) is 4.57. The largest absolute Gasteiger partial charge is 0.726 e. The van der Waals surface area contributed by atoms with Crippen LogP contribution in [0.1, 0.15) is 97.3 Å². The van der Waals surface area contributed by atoms with Crippen LogP contribution in [0.4, 0.5) is 0 Å². The van der Waals surface area contributed by atoms with Gasteiger partial charge >= 0.3 is 0 Å². The monoisotopic (exact) mass is 335 g/mol. The van der Waals surface area contributed by atoms with Crippen molar-refractivity contribution in [1.82, 2.24) is 0 Å². The van der Waals surface area contributed by atoms with E-state index in [0.717, 1.165) is 6.42 Å². The first-order chi connectivity index (χ1) is 10.5. The van der Waals surface area contributed by atoms with Crippen molar-refractivity contribution in [1.29, 1.82) is 0 Å². The van der Waals surface area contributed by atoms with Crippen molar-refractivity contribution in [3.63, 3.8) is 0 Å². The first kappa shape index (κ1) is 21.9. The summed E-state index contributed by atoms with van der Waals surface area (Å²) < 4.78 is 35.0. The lowest BCUT2D eigenvalue weighted by molar-refractivity contribution is 0.248. The summed E-state index contributed by atoms with van der Waals surface area (Å²) in [5.41, 5.74) is 0. The molecule has 0 aliphatic carbocycles. The number of unbranched alkanes of at least 4 members (excludes halogenated alkanes) is 9. The second-order valence-electron chi connectivity index (χ2n) is 6.45. The lowest BCUT2D eigenvalue weighted by Gasteiger charge is -2.12. The molecule has 0 spiro atoms. The maximum atomic E-state index is 10.3. The molecule has 0 aliphatic rings. The summed E-state index contributed by atoms with van der Waals surface area (Å²) in [5.74, 6) is 0.576. The molecule has 22 heavy (non-hydrogen) atoms. The highest BCUT2D eigenvalue weighted by atomic mass is 32.3. The van der Waals surface area contributed by atoms with Crippen molar-refractivity contribution < 1.29 is 17.2 Å². The van der Waals surface area contributed by atoms with Crippen molar-refractivity contribution >= 4 is 10.4 Å². The zero-order valence-electron chi connectivity index (χ0n) is 14.5. The van der Waals surface area contributed by atoms with Crippen LogP contribution in [0.3, 0.4) is 0 Å².